The summed E-state index contributed by atoms with van der Waals surface area (Å²) in [6, 6.07) is 5.73. The number of aryl methyl sites for hydroxylation is 5. The zero-order valence-electron chi connectivity index (χ0n) is 13.5. The molecule has 120 valence electrons. The van der Waals surface area contributed by atoms with Crippen LogP contribution in [0.2, 0.25) is 0 Å². The second-order valence-electron chi connectivity index (χ2n) is 5.67. The van der Waals surface area contributed by atoms with Gasteiger partial charge in [0, 0.05) is 25.0 Å². The van der Waals surface area contributed by atoms with E-state index < -0.39 is 10.0 Å². The molecule has 0 spiro atoms. The third kappa shape index (κ3) is 3.75. The van der Waals surface area contributed by atoms with Gasteiger partial charge in [-0.1, -0.05) is 17.7 Å². The van der Waals surface area contributed by atoms with E-state index in [4.69, 9.17) is 0 Å². The lowest BCUT2D eigenvalue weighted by molar-refractivity contribution is 0.545. The number of hydrogen-bond donors (Lipinski definition) is 1. The van der Waals surface area contributed by atoms with Gasteiger partial charge in [0.1, 0.15) is 0 Å². The smallest absolute Gasteiger partial charge is 0.241 e. The molecule has 0 saturated heterocycles. The standard InChI is InChI=1S/C16H23N3O2S/c1-12-10-13(2)16(14(3)11-12)22(20,21)18-7-5-9-19-15(4)6-8-17-19/h6,8,10-11,18H,5,7,9H2,1-4H3. The lowest BCUT2D eigenvalue weighted by Gasteiger charge is -2.13. The van der Waals surface area contributed by atoms with Crippen molar-refractivity contribution in [2.75, 3.05) is 6.54 Å². The van der Waals surface area contributed by atoms with Crippen molar-refractivity contribution in [1.82, 2.24) is 14.5 Å². The molecule has 0 aliphatic carbocycles. The van der Waals surface area contributed by atoms with Gasteiger partial charge in [0.05, 0.1) is 4.90 Å². The van der Waals surface area contributed by atoms with Crippen LogP contribution in [-0.4, -0.2) is 24.7 Å². The quantitative estimate of drug-likeness (QED) is 0.831. The van der Waals surface area contributed by atoms with Gasteiger partial charge in [-0.15, -0.1) is 0 Å². The Bertz CT molecular complexity index is 740. The number of nitrogens with zero attached hydrogens (tertiary/aromatic N) is 2. The number of aromatic nitrogens is 2. The van der Waals surface area contributed by atoms with E-state index in [1.807, 2.05) is 50.6 Å². The van der Waals surface area contributed by atoms with E-state index in [-0.39, 0.29) is 0 Å². The predicted octanol–water partition coefficient (Wildman–Crippen LogP) is 2.49. The van der Waals surface area contributed by atoms with Crippen LogP contribution in [0, 0.1) is 27.7 Å². The average molecular weight is 321 g/mol. The van der Waals surface area contributed by atoms with Gasteiger partial charge in [0.2, 0.25) is 10.0 Å². The maximum absolute atomic E-state index is 12.5. The SMILES string of the molecule is Cc1cc(C)c(S(=O)(=O)NCCCn2nccc2C)c(C)c1. The first-order valence-electron chi connectivity index (χ1n) is 7.37. The third-order valence-corrected chi connectivity index (χ3v) is 5.41. The summed E-state index contributed by atoms with van der Waals surface area (Å²) in [5.74, 6) is 0. The molecule has 2 aromatic rings. The largest absolute Gasteiger partial charge is 0.270 e. The van der Waals surface area contributed by atoms with Crippen LogP contribution in [-0.2, 0) is 16.6 Å². The Hall–Kier alpha value is -1.66. The van der Waals surface area contributed by atoms with Crippen LogP contribution < -0.4 is 4.72 Å². The van der Waals surface area contributed by atoms with E-state index in [1.165, 1.54) is 0 Å². The molecule has 1 aromatic carbocycles. The fraction of sp³-hybridized carbons (Fsp3) is 0.438. The molecular formula is C16H23N3O2S. The van der Waals surface area contributed by atoms with Crippen molar-refractivity contribution in [3.63, 3.8) is 0 Å². The van der Waals surface area contributed by atoms with Crippen molar-refractivity contribution < 1.29 is 8.42 Å². The van der Waals surface area contributed by atoms with Gasteiger partial charge in [0.15, 0.2) is 0 Å². The summed E-state index contributed by atoms with van der Waals surface area (Å²) >= 11 is 0. The molecule has 0 bridgehead atoms. The summed E-state index contributed by atoms with van der Waals surface area (Å²) in [4.78, 5) is 0.397. The molecule has 1 aromatic heterocycles. The summed E-state index contributed by atoms with van der Waals surface area (Å²) in [7, 11) is -3.47. The van der Waals surface area contributed by atoms with E-state index in [2.05, 4.69) is 9.82 Å². The Balaban J connectivity index is 2.01. The van der Waals surface area contributed by atoms with Crippen molar-refractivity contribution in [2.24, 2.45) is 0 Å². The summed E-state index contributed by atoms with van der Waals surface area (Å²) < 4.78 is 29.5. The molecule has 0 aliphatic rings. The van der Waals surface area contributed by atoms with E-state index in [0.29, 0.717) is 24.4 Å². The number of nitrogens with one attached hydrogen (secondary N) is 1. The first kappa shape index (κ1) is 16.7. The number of hydrogen-bond acceptors (Lipinski definition) is 3. The number of sulfonamides is 1. The molecule has 2 rings (SSSR count). The summed E-state index contributed by atoms with van der Waals surface area (Å²) in [5, 5.41) is 4.19. The number of rotatable bonds is 6. The van der Waals surface area contributed by atoms with Crippen molar-refractivity contribution in [3.8, 4) is 0 Å². The second kappa shape index (κ2) is 6.62. The third-order valence-electron chi connectivity index (χ3n) is 3.64. The molecule has 22 heavy (non-hydrogen) atoms. The molecule has 0 fully saturated rings. The maximum Gasteiger partial charge on any atom is 0.241 e. The van der Waals surface area contributed by atoms with Crippen LogP contribution in [0.4, 0.5) is 0 Å². The van der Waals surface area contributed by atoms with Crippen molar-refractivity contribution in [1.29, 1.82) is 0 Å². The van der Waals surface area contributed by atoms with Gasteiger partial charge in [0.25, 0.3) is 0 Å². The van der Waals surface area contributed by atoms with Crippen LogP contribution in [0.25, 0.3) is 0 Å². The van der Waals surface area contributed by atoms with Gasteiger partial charge in [-0.05, 0) is 51.3 Å². The molecule has 5 nitrogen and oxygen atoms in total. The lowest BCUT2D eigenvalue weighted by atomic mass is 10.1. The molecule has 1 heterocycles. The van der Waals surface area contributed by atoms with Crippen LogP contribution >= 0.6 is 0 Å². The van der Waals surface area contributed by atoms with Crippen LogP contribution in [0.5, 0.6) is 0 Å². The highest BCUT2D eigenvalue weighted by Crippen LogP contribution is 2.21. The highest BCUT2D eigenvalue weighted by atomic mass is 32.2. The monoisotopic (exact) mass is 321 g/mol. The normalized spacial score (nSPS) is 11.8. The minimum absolute atomic E-state index is 0.397. The fourth-order valence-electron chi connectivity index (χ4n) is 2.73. The van der Waals surface area contributed by atoms with Crippen molar-refractivity contribution in [3.05, 3.63) is 46.8 Å². The maximum atomic E-state index is 12.5. The first-order valence-corrected chi connectivity index (χ1v) is 8.85. The fourth-order valence-corrected chi connectivity index (χ4v) is 4.25. The van der Waals surface area contributed by atoms with E-state index in [1.54, 1.807) is 6.20 Å². The minimum atomic E-state index is -3.47. The van der Waals surface area contributed by atoms with Gasteiger partial charge in [-0.25, -0.2) is 13.1 Å². The zero-order chi connectivity index (χ0) is 16.3. The van der Waals surface area contributed by atoms with Crippen LogP contribution in [0.15, 0.2) is 29.3 Å². The Morgan fingerprint density at radius 1 is 1.14 bits per heavy atom. The molecular weight excluding hydrogens is 298 g/mol. The molecule has 0 aliphatic heterocycles. The van der Waals surface area contributed by atoms with Gasteiger partial charge in [-0.2, -0.15) is 5.10 Å². The number of benzene rings is 1. The Morgan fingerprint density at radius 3 is 2.32 bits per heavy atom. The van der Waals surface area contributed by atoms with Gasteiger partial charge >= 0.3 is 0 Å². The van der Waals surface area contributed by atoms with Crippen LogP contribution in [0.1, 0.15) is 28.8 Å². The predicted molar refractivity (Wildman–Crippen MR) is 87.4 cm³/mol. The Morgan fingerprint density at radius 2 is 1.77 bits per heavy atom. The van der Waals surface area contributed by atoms with Gasteiger partial charge < -0.3 is 0 Å². The molecule has 0 amide bonds. The average Bonchev–Trinajstić information content (AvgIpc) is 2.78. The summed E-state index contributed by atoms with van der Waals surface area (Å²) in [5.41, 5.74) is 3.72. The topological polar surface area (TPSA) is 64.0 Å². The Kier molecular flexibility index (Phi) is 5.03. The van der Waals surface area contributed by atoms with E-state index >= 15 is 0 Å². The first-order chi connectivity index (χ1) is 10.3. The molecule has 1 N–H and O–H groups in total. The summed E-state index contributed by atoms with van der Waals surface area (Å²) in [6.45, 7) is 8.72. The van der Waals surface area contributed by atoms with Crippen molar-refractivity contribution in [2.45, 2.75) is 45.6 Å². The van der Waals surface area contributed by atoms with Crippen LogP contribution in [0.3, 0.4) is 0 Å². The molecule has 0 unspecified atom stereocenters. The minimum Gasteiger partial charge on any atom is -0.270 e. The molecule has 0 saturated carbocycles. The Labute approximate surface area is 132 Å². The van der Waals surface area contributed by atoms with E-state index in [0.717, 1.165) is 22.4 Å². The molecule has 6 heteroatoms. The van der Waals surface area contributed by atoms with E-state index in [9.17, 15) is 8.42 Å². The zero-order valence-corrected chi connectivity index (χ0v) is 14.4. The molecule has 0 radical (unpaired) electrons. The van der Waals surface area contributed by atoms with Gasteiger partial charge in [-0.3, -0.25) is 4.68 Å². The second-order valence-corrected chi connectivity index (χ2v) is 7.38. The van der Waals surface area contributed by atoms with Crippen molar-refractivity contribution >= 4 is 10.0 Å². The molecule has 0 atom stereocenters. The lowest BCUT2D eigenvalue weighted by Crippen LogP contribution is -2.27. The highest BCUT2D eigenvalue weighted by molar-refractivity contribution is 7.89. The highest BCUT2D eigenvalue weighted by Gasteiger charge is 2.19. The summed E-state index contributed by atoms with van der Waals surface area (Å²) in [6.07, 6.45) is 2.45.